The van der Waals surface area contributed by atoms with E-state index in [0.717, 1.165) is 61.7 Å². The Morgan fingerprint density at radius 3 is 2.57 bits per heavy atom. The second-order valence-electron chi connectivity index (χ2n) is 7.23. The van der Waals surface area contributed by atoms with Crippen LogP contribution in [0.2, 0.25) is 0 Å². The first-order chi connectivity index (χ1) is 13.7. The number of carbonyl (C=O) groups is 1. The fraction of sp³-hybridized carbons (Fsp3) is 0.364. The number of aryl methyl sites for hydroxylation is 1. The van der Waals surface area contributed by atoms with Crippen LogP contribution in [0.15, 0.2) is 48.5 Å². The highest BCUT2D eigenvalue weighted by atomic mass is 35.5. The lowest BCUT2D eigenvalue weighted by atomic mass is 10.2. The molecule has 8 heteroatoms. The quantitative estimate of drug-likeness (QED) is 0.567. The molecule has 0 bridgehead atoms. The van der Waals surface area contributed by atoms with Crippen molar-refractivity contribution in [2.24, 2.45) is 0 Å². The van der Waals surface area contributed by atoms with E-state index >= 15 is 0 Å². The van der Waals surface area contributed by atoms with Gasteiger partial charge < -0.3 is 15.5 Å². The molecule has 2 N–H and O–H groups in total. The molecule has 1 aromatic heterocycles. The fourth-order valence-electron chi connectivity index (χ4n) is 3.79. The number of amides is 1. The minimum Gasteiger partial charge on any atom is -0.352 e. The topological polar surface area (TPSA) is 62.2 Å². The van der Waals surface area contributed by atoms with Crippen LogP contribution in [0, 0.1) is 6.92 Å². The molecule has 2 aromatic carbocycles. The summed E-state index contributed by atoms with van der Waals surface area (Å²) in [6, 6.07) is 15.9. The second kappa shape index (κ2) is 11.3. The molecule has 0 saturated carbocycles. The van der Waals surface area contributed by atoms with Crippen molar-refractivity contribution in [3.05, 3.63) is 59.9 Å². The van der Waals surface area contributed by atoms with Gasteiger partial charge in [-0.2, -0.15) is 0 Å². The third-order valence-electron chi connectivity index (χ3n) is 5.25. The van der Waals surface area contributed by atoms with Gasteiger partial charge in [0.05, 0.1) is 11.0 Å². The van der Waals surface area contributed by atoms with Crippen LogP contribution in [-0.4, -0.2) is 59.6 Å². The molecule has 162 valence electrons. The van der Waals surface area contributed by atoms with E-state index in [0.29, 0.717) is 12.1 Å². The van der Waals surface area contributed by atoms with Gasteiger partial charge in [-0.25, -0.2) is 4.98 Å². The molecule has 1 fully saturated rings. The Morgan fingerprint density at radius 1 is 1.10 bits per heavy atom. The van der Waals surface area contributed by atoms with Gasteiger partial charge in [0.25, 0.3) is 5.91 Å². The van der Waals surface area contributed by atoms with Gasteiger partial charge in [-0.05, 0) is 50.2 Å². The third kappa shape index (κ3) is 5.52. The van der Waals surface area contributed by atoms with Crippen molar-refractivity contribution < 1.29 is 4.79 Å². The van der Waals surface area contributed by atoms with Crippen molar-refractivity contribution in [2.45, 2.75) is 13.3 Å². The molecule has 0 aliphatic carbocycles. The predicted octanol–water partition coefficient (Wildman–Crippen LogP) is 3.20. The lowest BCUT2D eigenvalue weighted by molar-refractivity contribution is 0.0951. The summed E-state index contributed by atoms with van der Waals surface area (Å²) >= 11 is 0. The number of nitrogens with one attached hydrogen (secondary N) is 2. The summed E-state index contributed by atoms with van der Waals surface area (Å²) in [7, 11) is 0. The van der Waals surface area contributed by atoms with Crippen molar-refractivity contribution in [3.63, 3.8) is 0 Å². The van der Waals surface area contributed by atoms with Crippen molar-refractivity contribution in [3.8, 4) is 5.69 Å². The van der Waals surface area contributed by atoms with Gasteiger partial charge in [-0.3, -0.25) is 9.36 Å². The predicted molar refractivity (Wildman–Crippen MR) is 127 cm³/mol. The molecule has 4 rings (SSSR count). The minimum atomic E-state index is -0.0332. The van der Waals surface area contributed by atoms with Gasteiger partial charge in [-0.1, -0.05) is 18.2 Å². The molecule has 1 amide bonds. The van der Waals surface area contributed by atoms with Gasteiger partial charge >= 0.3 is 0 Å². The molecule has 0 radical (unpaired) electrons. The van der Waals surface area contributed by atoms with Crippen LogP contribution >= 0.6 is 24.8 Å². The van der Waals surface area contributed by atoms with Crippen molar-refractivity contribution in [1.82, 2.24) is 25.1 Å². The molecular weight excluding hydrogens is 421 g/mol. The molecule has 1 saturated heterocycles. The number of hydrogen-bond donors (Lipinski definition) is 2. The zero-order valence-electron chi connectivity index (χ0n) is 17.1. The Labute approximate surface area is 189 Å². The summed E-state index contributed by atoms with van der Waals surface area (Å²) in [5, 5.41) is 6.40. The molecule has 0 spiro atoms. The lowest BCUT2D eigenvalue weighted by Crippen LogP contribution is -2.44. The number of carbonyl (C=O) groups excluding carboxylic acids is 1. The Hall–Kier alpha value is -2.12. The molecule has 30 heavy (non-hydrogen) atoms. The van der Waals surface area contributed by atoms with Crippen LogP contribution in [-0.2, 0) is 0 Å². The standard InChI is InChI=1S/C22H27N5O.2ClH/c1-17-25-20-16-18(8-9-21(20)27(17)19-6-3-2-4-7-19)22(28)24-10-5-13-26-14-11-23-12-15-26;;/h2-4,6-9,16,23H,5,10-15H2,1H3,(H,24,28);2*1H. The van der Waals surface area contributed by atoms with Crippen molar-refractivity contribution >= 4 is 41.8 Å². The maximum atomic E-state index is 12.5. The summed E-state index contributed by atoms with van der Waals surface area (Å²) in [5.74, 6) is 0.879. The third-order valence-corrected chi connectivity index (χ3v) is 5.25. The number of piperazine rings is 1. The highest BCUT2D eigenvalue weighted by Gasteiger charge is 2.13. The highest BCUT2D eigenvalue weighted by Crippen LogP contribution is 2.22. The van der Waals surface area contributed by atoms with Gasteiger partial charge in [-0.15, -0.1) is 24.8 Å². The summed E-state index contributed by atoms with van der Waals surface area (Å²) in [6.45, 7) is 8.01. The number of hydrogen-bond acceptors (Lipinski definition) is 4. The minimum absolute atomic E-state index is 0. The van der Waals surface area contributed by atoms with Crippen LogP contribution in [0.3, 0.4) is 0 Å². The summed E-state index contributed by atoms with van der Waals surface area (Å²) in [5.41, 5.74) is 3.59. The fourth-order valence-corrected chi connectivity index (χ4v) is 3.79. The smallest absolute Gasteiger partial charge is 0.251 e. The molecule has 3 aromatic rings. The normalized spacial score (nSPS) is 14.0. The Kier molecular flexibility index (Phi) is 9.11. The van der Waals surface area contributed by atoms with Gasteiger partial charge in [0.2, 0.25) is 0 Å². The van der Waals surface area contributed by atoms with E-state index in [1.54, 1.807) is 0 Å². The number of halogens is 2. The number of benzene rings is 2. The maximum Gasteiger partial charge on any atom is 0.251 e. The van der Waals surface area contributed by atoms with E-state index in [4.69, 9.17) is 0 Å². The average molecular weight is 450 g/mol. The first-order valence-electron chi connectivity index (χ1n) is 9.98. The molecular formula is C22H29Cl2N5O. The highest BCUT2D eigenvalue weighted by molar-refractivity contribution is 5.97. The van der Waals surface area contributed by atoms with E-state index < -0.39 is 0 Å². The number of fused-ring (bicyclic) bond motifs is 1. The summed E-state index contributed by atoms with van der Waals surface area (Å²) in [6.07, 6.45) is 0.968. The molecule has 1 aliphatic rings. The van der Waals surface area contributed by atoms with Gasteiger partial charge in [0, 0.05) is 44.0 Å². The largest absolute Gasteiger partial charge is 0.352 e. The zero-order chi connectivity index (χ0) is 19.3. The molecule has 2 heterocycles. The Morgan fingerprint density at radius 2 is 1.83 bits per heavy atom. The maximum absolute atomic E-state index is 12.5. The van der Waals surface area contributed by atoms with Crippen LogP contribution in [0.25, 0.3) is 16.7 Å². The lowest BCUT2D eigenvalue weighted by Gasteiger charge is -2.27. The van der Waals surface area contributed by atoms with Crippen LogP contribution in [0.4, 0.5) is 0 Å². The second-order valence-corrected chi connectivity index (χ2v) is 7.23. The van der Waals surface area contributed by atoms with Gasteiger partial charge in [0.1, 0.15) is 5.82 Å². The average Bonchev–Trinajstić information content (AvgIpc) is 3.07. The number of rotatable bonds is 6. The van der Waals surface area contributed by atoms with Gasteiger partial charge in [0.15, 0.2) is 0 Å². The van der Waals surface area contributed by atoms with Crippen LogP contribution in [0.1, 0.15) is 22.6 Å². The first-order valence-corrected chi connectivity index (χ1v) is 9.98. The van der Waals surface area contributed by atoms with E-state index in [1.165, 1.54) is 0 Å². The van der Waals surface area contributed by atoms with Crippen molar-refractivity contribution in [2.75, 3.05) is 39.3 Å². The van der Waals surface area contributed by atoms with Crippen LogP contribution < -0.4 is 10.6 Å². The number of aromatic nitrogens is 2. The Balaban J connectivity index is 0.00000160. The van der Waals surface area contributed by atoms with E-state index in [9.17, 15) is 4.79 Å². The number of imidazole rings is 1. The first kappa shape index (κ1) is 24.2. The van der Waals surface area contributed by atoms with E-state index in [-0.39, 0.29) is 30.7 Å². The monoisotopic (exact) mass is 449 g/mol. The Bertz CT molecular complexity index is 955. The summed E-state index contributed by atoms with van der Waals surface area (Å²) < 4.78 is 2.12. The number of nitrogens with zero attached hydrogens (tertiary/aromatic N) is 3. The van der Waals surface area contributed by atoms with E-state index in [2.05, 4.69) is 37.2 Å². The molecule has 6 nitrogen and oxygen atoms in total. The molecule has 0 unspecified atom stereocenters. The molecule has 0 atom stereocenters. The summed E-state index contributed by atoms with van der Waals surface area (Å²) in [4.78, 5) is 19.6. The molecule has 1 aliphatic heterocycles. The van der Waals surface area contributed by atoms with E-state index in [1.807, 2.05) is 43.3 Å². The van der Waals surface area contributed by atoms with Crippen molar-refractivity contribution in [1.29, 1.82) is 0 Å². The SMILES string of the molecule is Cc1nc2cc(C(=O)NCCCN3CCNCC3)ccc2n1-c1ccccc1.Cl.Cl. The zero-order valence-corrected chi connectivity index (χ0v) is 18.8. The number of para-hydroxylation sites is 1. The van der Waals surface area contributed by atoms with Crippen LogP contribution in [0.5, 0.6) is 0 Å².